The van der Waals surface area contributed by atoms with Crippen molar-refractivity contribution in [3.05, 3.63) is 22.5 Å². The number of carbonyl (C=O) groups is 1. The predicted octanol–water partition coefficient (Wildman–Crippen LogP) is 1.99. The zero-order valence-corrected chi connectivity index (χ0v) is 19.0. The lowest BCUT2D eigenvalue weighted by Crippen LogP contribution is -2.30. The minimum absolute atomic E-state index is 0.0556. The molecular formula is C15H24FN4O6PS2. The van der Waals surface area contributed by atoms with Gasteiger partial charge in [-0.1, -0.05) is 11.8 Å². The minimum Gasteiger partial charge on any atom is -0.370 e. The fourth-order valence-electron chi connectivity index (χ4n) is 2.26. The number of nitrogens with one attached hydrogen (secondary N) is 1. The van der Waals surface area contributed by atoms with Crippen LogP contribution in [-0.4, -0.2) is 70.6 Å². The average molecular weight is 470 g/mol. The van der Waals surface area contributed by atoms with Crippen LogP contribution in [0, 0.1) is 5.82 Å². The molecule has 2 heterocycles. The number of thioether (sulfide) groups is 2. The molecule has 3 atom stereocenters. The molecular weight excluding hydrogens is 446 g/mol. The van der Waals surface area contributed by atoms with Crippen LogP contribution in [0.2, 0.25) is 0 Å². The summed E-state index contributed by atoms with van der Waals surface area (Å²) in [5.74, 6) is -0.0774. The number of hydrogen-bond donors (Lipinski definition) is 1. The predicted molar refractivity (Wildman–Crippen MR) is 111 cm³/mol. The summed E-state index contributed by atoms with van der Waals surface area (Å²) in [6.45, 7) is 1.46. The Kier molecular flexibility index (Phi) is 9.14. The van der Waals surface area contributed by atoms with Crippen molar-refractivity contribution < 1.29 is 27.5 Å². The molecule has 0 aromatic carbocycles. The number of ether oxygens (including phenoxy) is 1. The van der Waals surface area contributed by atoms with E-state index >= 15 is 0 Å². The van der Waals surface area contributed by atoms with Gasteiger partial charge in [-0.25, -0.2) is 18.4 Å². The molecule has 0 radical (unpaired) electrons. The van der Waals surface area contributed by atoms with Gasteiger partial charge < -0.3 is 10.1 Å². The quantitative estimate of drug-likeness (QED) is 0.400. The fraction of sp³-hybridized carbons (Fsp3) is 0.667. The van der Waals surface area contributed by atoms with Gasteiger partial charge in [0.05, 0.1) is 19.4 Å². The molecule has 1 aromatic heterocycles. The van der Waals surface area contributed by atoms with E-state index in [0.717, 1.165) is 22.5 Å². The highest BCUT2D eigenvalue weighted by Crippen LogP contribution is 2.51. The van der Waals surface area contributed by atoms with Gasteiger partial charge in [0.2, 0.25) is 0 Å². The SMILES string of the molecule is CNc1nc(=O)n([C@@H]2CS[C@H](COP(=O)(OCCSC(C)=O)N(C)C)O2)cc1F. The lowest BCUT2D eigenvalue weighted by atomic mass is 10.5. The number of nitrogens with zero attached hydrogens (tertiary/aromatic N) is 3. The van der Waals surface area contributed by atoms with Crippen molar-refractivity contribution in [2.45, 2.75) is 18.6 Å². The van der Waals surface area contributed by atoms with Crippen LogP contribution in [0.15, 0.2) is 11.0 Å². The third kappa shape index (κ3) is 6.78. The van der Waals surface area contributed by atoms with Crippen LogP contribution in [0.1, 0.15) is 13.2 Å². The van der Waals surface area contributed by atoms with E-state index < -0.39 is 30.9 Å². The van der Waals surface area contributed by atoms with Crippen molar-refractivity contribution >= 4 is 42.2 Å². The smallest absolute Gasteiger partial charge is 0.370 e. The molecule has 1 aliphatic heterocycles. The zero-order valence-electron chi connectivity index (χ0n) is 16.5. The Morgan fingerprint density at radius 3 is 2.90 bits per heavy atom. The number of aromatic nitrogens is 2. The first-order valence-corrected chi connectivity index (χ1v) is 12.1. The summed E-state index contributed by atoms with van der Waals surface area (Å²) in [6, 6.07) is 0. The Morgan fingerprint density at radius 1 is 1.55 bits per heavy atom. The largest absolute Gasteiger partial charge is 0.407 e. The first kappa shape index (κ1) is 24.3. The van der Waals surface area contributed by atoms with Crippen LogP contribution in [0.4, 0.5) is 10.2 Å². The molecule has 1 saturated heterocycles. The standard InChI is InChI=1S/C15H24FN4O6PS2/c1-10(21)28-6-5-24-27(23,19(3)4)25-8-13-26-12(9-29-13)20-7-11(16)14(17-2)18-15(20)22/h7,12-13H,5-6,8-9H2,1-4H3,(H,17,18,22)/t12-,13+,27?/m0/s1. The van der Waals surface area contributed by atoms with Gasteiger partial charge in [0.25, 0.3) is 0 Å². The summed E-state index contributed by atoms with van der Waals surface area (Å²) in [5, 5.41) is 2.45. The van der Waals surface area contributed by atoms with Gasteiger partial charge in [0.1, 0.15) is 11.7 Å². The number of rotatable bonds is 10. The summed E-state index contributed by atoms with van der Waals surface area (Å²) in [7, 11) is 1.02. The molecule has 0 amide bonds. The highest BCUT2D eigenvalue weighted by Gasteiger charge is 2.34. The molecule has 0 bridgehead atoms. The van der Waals surface area contributed by atoms with Gasteiger partial charge in [-0.2, -0.15) is 4.98 Å². The second-order valence-corrected chi connectivity index (χ2v) is 10.7. The Hall–Kier alpha value is -0.950. The summed E-state index contributed by atoms with van der Waals surface area (Å²) in [4.78, 5) is 26.7. The van der Waals surface area contributed by atoms with E-state index in [4.69, 9.17) is 13.8 Å². The maximum absolute atomic E-state index is 13.9. The van der Waals surface area contributed by atoms with E-state index in [9.17, 15) is 18.5 Å². The molecule has 1 N–H and O–H groups in total. The van der Waals surface area contributed by atoms with Crippen molar-refractivity contribution in [3.63, 3.8) is 0 Å². The van der Waals surface area contributed by atoms with Crippen LogP contribution in [0.3, 0.4) is 0 Å². The summed E-state index contributed by atoms with van der Waals surface area (Å²) in [6.07, 6.45) is 0.316. The van der Waals surface area contributed by atoms with Crippen LogP contribution in [0.25, 0.3) is 0 Å². The van der Waals surface area contributed by atoms with Crippen molar-refractivity contribution in [2.24, 2.45) is 0 Å². The molecule has 164 valence electrons. The normalized spacial score (nSPS) is 21.3. The first-order valence-electron chi connectivity index (χ1n) is 8.60. The van der Waals surface area contributed by atoms with Crippen LogP contribution < -0.4 is 11.0 Å². The van der Waals surface area contributed by atoms with Gasteiger partial charge in [0.15, 0.2) is 16.8 Å². The molecule has 1 aliphatic rings. The number of hydrogen-bond acceptors (Lipinski definition) is 10. The number of carbonyl (C=O) groups excluding carboxylic acids is 1. The molecule has 29 heavy (non-hydrogen) atoms. The van der Waals surface area contributed by atoms with Crippen LogP contribution in [0.5, 0.6) is 0 Å². The Balaban J connectivity index is 1.93. The van der Waals surface area contributed by atoms with Gasteiger partial charge in [-0.15, -0.1) is 11.8 Å². The lowest BCUT2D eigenvalue weighted by Gasteiger charge is -2.24. The molecule has 0 aliphatic carbocycles. The maximum Gasteiger partial charge on any atom is 0.407 e. The molecule has 10 nitrogen and oxygen atoms in total. The Bertz CT molecular complexity index is 826. The van der Waals surface area contributed by atoms with Gasteiger partial charge in [-0.3, -0.25) is 18.4 Å². The molecule has 1 fully saturated rings. The van der Waals surface area contributed by atoms with E-state index in [1.807, 2.05) is 0 Å². The van der Waals surface area contributed by atoms with E-state index in [0.29, 0.717) is 11.5 Å². The van der Waals surface area contributed by atoms with E-state index in [2.05, 4.69) is 10.3 Å². The van der Waals surface area contributed by atoms with Crippen molar-refractivity contribution in [2.75, 3.05) is 51.2 Å². The van der Waals surface area contributed by atoms with Crippen molar-refractivity contribution in [3.8, 4) is 0 Å². The number of anilines is 1. The maximum atomic E-state index is 13.9. The monoisotopic (exact) mass is 470 g/mol. The first-order chi connectivity index (χ1) is 13.7. The van der Waals surface area contributed by atoms with Gasteiger partial charge >= 0.3 is 13.4 Å². The Morgan fingerprint density at radius 2 is 2.28 bits per heavy atom. The van der Waals surface area contributed by atoms with Gasteiger partial charge in [-0.05, 0) is 14.1 Å². The second-order valence-electron chi connectivity index (χ2n) is 6.02. The lowest BCUT2D eigenvalue weighted by molar-refractivity contribution is -0.109. The fourth-order valence-corrected chi connectivity index (χ4v) is 5.12. The molecule has 2 rings (SSSR count). The van der Waals surface area contributed by atoms with Crippen LogP contribution >= 0.6 is 31.3 Å². The van der Waals surface area contributed by atoms with Gasteiger partial charge in [0, 0.05) is 25.5 Å². The highest BCUT2D eigenvalue weighted by atomic mass is 32.2. The minimum atomic E-state index is -3.56. The summed E-state index contributed by atoms with van der Waals surface area (Å²) >= 11 is 2.41. The highest BCUT2D eigenvalue weighted by molar-refractivity contribution is 8.13. The summed E-state index contributed by atoms with van der Waals surface area (Å²) < 4.78 is 45.7. The topological polar surface area (TPSA) is 112 Å². The van der Waals surface area contributed by atoms with E-state index in [1.165, 1.54) is 30.4 Å². The third-order valence-corrected chi connectivity index (χ3v) is 7.53. The Labute approximate surface area is 176 Å². The van der Waals surface area contributed by atoms with E-state index in [-0.39, 0.29) is 24.1 Å². The second kappa shape index (κ2) is 10.9. The molecule has 1 unspecified atom stereocenters. The van der Waals surface area contributed by atoms with Crippen molar-refractivity contribution in [1.29, 1.82) is 0 Å². The molecule has 1 aromatic rings. The molecule has 14 heteroatoms. The molecule has 0 saturated carbocycles. The third-order valence-electron chi connectivity index (χ3n) is 3.69. The number of halogens is 1. The van der Waals surface area contributed by atoms with E-state index in [1.54, 1.807) is 14.1 Å². The average Bonchev–Trinajstić information content (AvgIpc) is 3.13. The van der Waals surface area contributed by atoms with Crippen molar-refractivity contribution in [1.82, 2.24) is 14.2 Å². The zero-order chi connectivity index (χ0) is 21.6. The van der Waals surface area contributed by atoms with Crippen LogP contribution in [-0.2, 0) is 23.1 Å². The summed E-state index contributed by atoms with van der Waals surface area (Å²) in [5.41, 5.74) is -1.17. The molecule has 0 spiro atoms.